The summed E-state index contributed by atoms with van der Waals surface area (Å²) in [5.41, 5.74) is 0. The van der Waals surface area contributed by atoms with E-state index in [9.17, 15) is 24.2 Å². The van der Waals surface area contributed by atoms with Gasteiger partial charge in [0.15, 0.2) is 6.10 Å². The molecule has 1 unspecified atom stereocenters. The highest BCUT2D eigenvalue weighted by Crippen LogP contribution is 2.43. The molecule has 0 aliphatic heterocycles. The molecule has 0 aromatic carbocycles. The third kappa shape index (κ3) is 27.9. The average Bonchev–Trinajstić information content (AvgIpc) is 2.88. The van der Waals surface area contributed by atoms with E-state index in [1.807, 2.05) is 40.2 Å². The van der Waals surface area contributed by atoms with Crippen LogP contribution in [0.3, 0.4) is 0 Å². The molecule has 0 rings (SSSR count). The topological polar surface area (TPSA) is 129 Å². The van der Waals surface area contributed by atoms with E-state index < -0.39 is 32.5 Å². The van der Waals surface area contributed by atoms with Crippen molar-refractivity contribution < 1.29 is 47.2 Å². The van der Waals surface area contributed by atoms with Crippen LogP contribution in [-0.2, 0) is 32.7 Å². The molecular weight excluding hydrogens is 549 g/mol. The first-order valence-corrected chi connectivity index (χ1v) is 15.9. The lowest BCUT2D eigenvalue weighted by Crippen LogP contribution is -2.37. The van der Waals surface area contributed by atoms with Crippen molar-refractivity contribution in [1.29, 1.82) is 0 Å². The Morgan fingerprint density at radius 1 is 0.878 bits per heavy atom. The quantitative estimate of drug-likeness (QED) is 0.0489. The zero-order valence-corrected chi connectivity index (χ0v) is 26.5. The first kappa shape index (κ1) is 38.9. The molecule has 0 aliphatic carbocycles. The van der Waals surface area contributed by atoms with Gasteiger partial charge < -0.3 is 24.0 Å². The average molecular weight is 603 g/mol. The zero-order valence-electron chi connectivity index (χ0n) is 25.6. The van der Waals surface area contributed by atoms with Crippen LogP contribution in [0, 0.1) is 0 Å². The van der Waals surface area contributed by atoms with Gasteiger partial charge in [0.2, 0.25) is 0 Å². The summed E-state index contributed by atoms with van der Waals surface area (Å²) >= 11 is 0. The fraction of sp³-hybridized carbons (Fsp3) is 0.667. The molecule has 236 valence electrons. The van der Waals surface area contributed by atoms with E-state index in [-0.39, 0.29) is 25.7 Å². The lowest BCUT2D eigenvalue weighted by atomic mass is 10.1. The van der Waals surface area contributed by atoms with Crippen molar-refractivity contribution in [2.75, 3.05) is 47.5 Å². The molecule has 11 heteroatoms. The summed E-state index contributed by atoms with van der Waals surface area (Å²) in [5, 5.41) is 9.50. The van der Waals surface area contributed by atoms with Crippen LogP contribution in [0.15, 0.2) is 48.6 Å². The number of unbranched alkanes of at least 4 members (excludes halogenated alkanes) is 1. The molecule has 0 bridgehead atoms. The molecule has 0 spiro atoms. The van der Waals surface area contributed by atoms with Gasteiger partial charge in [-0.25, -0.2) is 4.57 Å². The summed E-state index contributed by atoms with van der Waals surface area (Å²) in [6.07, 6.45) is 22.0. The number of carbonyl (C=O) groups excluding carboxylic acids is 2. The summed E-state index contributed by atoms with van der Waals surface area (Å²) in [4.78, 5) is 33.3. The van der Waals surface area contributed by atoms with Crippen LogP contribution in [0.1, 0.15) is 71.6 Å². The Bertz CT molecular complexity index is 878. The third-order valence-electron chi connectivity index (χ3n) is 5.58. The van der Waals surface area contributed by atoms with Crippen LogP contribution >= 0.6 is 7.82 Å². The van der Waals surface area contributed by atoms with Crippen LogP contribution in [0.25, 0.3) is 0 Å². The first-order chi connectivity index (χ1) is 19.3. The highest BCUT2D eigenvalue weighted by atomic mass is 31.2. The van der Waals surface area contributed by atoms with E-state index in [1.165, 1.54) is 6.92 Å². The van der Waals surface area contributed by atoms with Gasteiger partial charge >= 0.3 is 19.8 Å². The molecule has 10 nitrogen and oxygen atoms in total. The summed E-state index contributed by atoms with van der Waals surface area (Å²) in [5.74, 6) is -1.09. The number of hydrogen-bond donors (Lipinski definition) is 2. The maximum Gasteiger partial charge on any atom is 0.472 e. The van der Waals surface area contributed by atoms with Gasteiger partial charge in [0.25, 0.3) is 0 Å². The second-order valence-corrected chi connectivity index (χ2v) is 12.1. The predicted molar refractivity (Wildman–Crippen MR) is 161 cm³/mol. The fourth-order valence-electron chi connectivity index (χ4n) is 3.12. The normalized spacial score (nSPS) is 15.6. The van der Waals surface area contributed by atoms with E-state index in [0.717, 1.165) is 38.5 Å². The first-order valence-electron chi connectivity index (χ1n) is 14.4. The van der Waals surface area contributed by atoms with Crippen LogP contribution in [-0.4, -0.2) is 86.1 Å². The Morgan fingerprint density at radius 2 is 1.44 bits per heavy atom. The van der Waals surface area contributed by atoms with E-state index >= 15 is 0 Å². The molecule has 0 saturated carbocycles. The van der Waals surface area contributed by atoms with Gasteiger partial charge in [0.1, 0.15) is 19.8 Å². The molecule has 0 radical (unpaired) electrons. The second kappa shape index (κ2) is 23.5. The van der Waals surface area contributed by atoms with E-state index in [2.05, 4.69) is 36.5 Å². The molecule has 0 aromatic rings. The molecule has 0 fully saturated rings. The maximum atomic E-state index is 12.2. The second-order valence-electron chi connectivity index (χ2n) is 10.7. The number of aliphatic hydroxyl groups is 1. The third-order valence-corrected chi connectivity index (χ3v) is 6.57. The summed E-state index contributed by atoms with van der Waals surface area (Å²) in [6.45, 7) is 2.97. The van der Waals surface area contributed by atoms with Crippen molar-refractivity contribution in [1.82, 2.24) is 0 Å². The molecule has 0 aromatic heterocycles. The minimum absolute atomic E-state index is 0.0106. The van der Waals surface area contributed by atoms with Crippen LogP contribution < -0.4 is 0 Å². The Morgan fingerprint density at radius 3 is 1.98 bits per heavy atom. The van der Waals surface area contributed by atoms with Crippen LogP contribution in [0.2, 0.25) is 0 Å². The predicted octanol–water partition coefficient (Wildman–Crippen LogP) is 5.42. The van der Waals surface area contributed by atoms with E-state index in [0.29, 0.717) is 23.9 Å². The molecule has 41 heavy (non-hydrogen) atoms. The number of nitrogens with zero attached hydrogens (tertiary/aromatic N) is 1. The minimum atomic E-state index is -4.35. The maximum absolute atomic E-state index is 12.2. The Labute approximate surface area is 246 Å². The fourth-order valence-corrected chi connectivity index (χ4v) is 3.86. The van der Waals surface area contributed by atoms with Gasteiger partial charge in [-0.05, 0) is 51.4 Å². The number of likely N-dealkylation sites (N-methyl/N-ethyl adjacent to an activating group) is 1. The molecular formula is C30H53NO9P+. The number of allylic oxidation sites excluding steroid dienone is 8. The molecule has 0 amide bonds. The Kier molecular flexibility index (Phi) is 22.3. The number of phosphoric acid groups is 1. The van der Waals surface area contributed by atoms with Gasteiger partial charge in [0, 0.05) is 13.3 Å². The van der Waals surface area contributed by atoms with Gasteiger partial charge in [-0.1, -0.05) is 55.5 Å². The minimum Gasteiger partial charge on any atom is -0.462 e. The number of quaternary nitrogens is 1. The zero-order chi connectivity index (χ0) is 31.0. The Balaban J connectivity index is 4.21. The number of phosphoric ester groups is 1. The van der Waals surface area contributed by atoms with Gasteiger partial charge in [-0.2, -0.15) is 0 Å². The Hall–Kier alpha value is -2.07. The van der Waals surface area contributed by atoms with E-state index in [1.54, 1.807) is 0 Å². The highest BCUT2D eigenvalue weighted by molar-refractivity contribution is 7.47. The van der Waals surface area contributed by atoms with Crippen molar-refractivity contribution >= 4 is 19.8 Å². The largest absolute Gasteiger partial charge is 0.472 e. The number of rotatable bonds is 24. The van der Waals surface area contributed by atoms with Crippen molar-refractivity contribution in [3.63, 3.8) is 0 Å². The molecule has 0 aliphatic rings. The van der Waals surface area contributed by atoms with Crippen LogP contribution in [0.4, 0.5) is 0 Å². The van der Waals surface area contributed by atoms with Gasteiger partial charge in [0.05, 0.1) is 33.9 Å². The number of esters is 2. The van der Waals surface area contributed by atoms with Crippen LogP contribution in [0.5, 0.6) is 0 Å². The highest BCUT2D eigenvalue weighted by Gasteiger charge is 2.26. The lowest BCUT2D eigenvalue weighted by molar-refractivity contribution is -0.870. The number of ether oxygens (including phenoxy) is 2. The molecule has 3 atom stereocenters. The smallest absolute Gasteiger partial charge is 0.462 e. The molecule has 2 N–H and O–H groups in total. The van der Waals surface area contributed by atoms with Gasteiger partial charge in [-0.3, -0.25) is 18.6 Å². The van der Waals surface area contributed by atoms with Crippen molar-refractivity contribution in [3.8, 4) is 0 Å². The van der Waals surface area contributed by atoms with Crippen molar-refractivity contribution in [3.05, 3.63) is 48.6 Å². The standard InChI is InChI=1S/C30H52NO9P/c1-6-28(33)21-19-17-15-13-11-9-7-8-10-12-14-16-18-20-22-30(34)40-29(25-37-27(2)32)26-39-41(35,36)38-24-23-31(3,4)5/h8-11,14-17,28-29,33H,6-7,12-13,18-26H2,1-5H3/p+1/b10-8-,11-9-,16-14-,17-15-/t28-,29-/m1/s1. The molecule has 0 heterocycles. The molecule has 0 saturated heterocycles. The number of aliphatic hydroxyl groups excluding tert-OH is 1. The number of hydrogen-bond acceptors (Lipinski definition) is 8. The monoisotopic (exact) mass is 602 g/mol. The lowest BCUT2D eigenvalue weighted by Gasteiger charge is -2.24. The van der Waals surface area contributed by atoms with Gasteiger partial charge in [-0.15, -0.1) is 0 Å². The van der Waals surface area contributed by atoms with Crippen molar-refractivity contribution in [2.24, 2.45) is 0 Å². The van der Waals surface area contributed by atoms with Crippen molar-refractivity contribution in [2.45, 2.75) is 83.8 Å². The summed E-state index contributed by atoms with van der Waals surface area (Å²) in [7, 11) is 1.40. The summed E-state index contributed by atoms with van der Waals surface area (Å²) < 4.78 is 32.8. The number of carbonyl (C=O) groups is 2. The summed E-state index contributed by atoms with van der Waals surface area (Å²) in [6, 6.07) is 0. The SMILES string of the molecule is CC[C@@H](O)CC/C=C\C/C=C\C/C=C\C/C=C\CCCC(=O)O[C@H](COC(C)=O)COP(=O)(O)OCC[N+](C)(C)C. The van der Waals surface area contributed by atoms with E-state index in [4.69, 9.17) is 18.5 Å².